The fraction of sp³-hybridized carbons (Fsp3) is 0.421. The van der Waals surface area contributed by atoms with Gasteiger partial charge < -0.3 is 14.5 Å². The first-order valence-electron chi connectivity index (χ1n) is 8.43. The van der Waals surface area contributed by atoms with Crippen molar-refractivity contribution in [2.45, 2.75) is 45.8 Å². The second-order valence-corrected chi connectivity index (χ2v) is 7.51. The summed E-state index contributed by atoms with van der Waals surface area (Å²) >= 11 is 5.78. The molecule has 0 spiro atoms. The lowest BCUT2D eigenvalue weighted by Crippen LogP contribution is -2.39. The average molecular weight is 363 g/mol. The van der Waals surface area contributed by atoms with Crippen LogP contribution in [0.3, 0.4) is 0 Å². The van der Waals surface area contributed by atoms with Crippen molar-refractivity contribution in [3.05, 3.63) is 46.9 Å². The number of nitrogens with one attached hydrogen (secondary N) is 1. The van der Waals surface area contributed by atoms with Crippen molar-refractivity contribution < 1.29 is 13.9 Å². The maximum Gasteiger partial charge on any atom is 0.414 e. The number of hydrogen-bond donors (Lipinski definition) is 1. The number of halogens is 1. The van der Waals surface area contributed by atoms with Crippen molar-refractivity contribution in [3.8, 4) is 0 Å². The first kappa shape index (κ1) is 17.7. The van der Waals surface area contributed by atoms with E-state index in [4.69, 9.17) is 20.8 Å². The molecule has 0 aliphatic carbocycles. The van der Waals surface area contributed by atoms with Crippen molar-refractivity contribution >= 4 is 29.1 Å². The number of furan rings is 1. The minimum absolute atomic E-state index is 0.292. The van der Waals surface area contributed by atoms with Crippen LogP contribution in [0.25, 0.3) is 0 Å². The van der Waals surface area contributed by atoms with Crippen LogP contribution in [0.4, 0.5) is 16.2 Å². The Labute approximate surface area is 152 Å². The second-order valence-electron chi connectivity index (χ2n) is 7.14. The van der Waals surface area contributed by atoms with Gasteiger partial charge in [-0.15, -0.1) is 0 Å². The van der Waals surface area contributed by atoms with Gasteiger partial charge in [-0.3, -0.25) is 4.90 Å². The number of hydrogen-bond acceptors (Lipinski definition) is 4. The number of fused-ring (bicyclic) bond motifs is 1. The summed E-state index contributed by atoms with van der Waals surface area (Å²) in [7, 11) is 0. The summed E-state index contributed by atoms with van der Waals surface area (Å²) < 4.78 is 10.9. The number of aryl methyl sites for hydroxylation is 1. The highest BCUT2D eigenvalue weighted by molar-refractivity contribution is 6.28. The molecule has 1 aromatic heterocycles. The van der Waals surface area contributed by atoms with E-state index in [0.29, 0.717) is 18.3 Å². The Morgan fingerprint density at radius 1 is 1.32 bits per heavy atom. The smallest absolute Gasteiger partial charge is 0.414 e. The van der Waals surface area contributed by atoms with E-state index in [1.54, 1.807) is 11.0 Å². The fourth-order valence-electron chi connectivity index (χ4n) is 2.85. The monoisotopic (exact) mass is 362 g/mol. The van der Waals surface area contributed by atoms with Crippen LogP contribution < -0.4 is 10.2 Å². The van der Waals surface area contributed by atoms with Gasteiger partial charge in [-0.1, -0.05) is 0 Å². The van der Waals surface area contributed by atoms with E-state index in [2.05, 4.69) is 11.4 Å². The van der Waals surface area contributed by atoms with Gasteiger partial charge in [-0.2, -0.15) is 0 Å². The van der Waals surface area contributed by atoms with Crippen LogP contribution in [0.1, 0.15) is 38.5 Å². The van der Waals surface area contributed by atoms with Gasteiger partial charge in [0, 0.05) is 12.2 Å². The molecular formula is C19H23ClN2O3. The van der Waals surface area contributed by atoms with Gasteiger partial charge in [0.2, 0.25) is 0 Å². The number of amides is 1. The van der Waals surface area contributed by atoms with Crippen molar-refractivity contribution in [1.82, 2.24) is 0 Å². The molecule has 2 aromatic rings. The Balaban J connectivity index is 1.72. The molecule has 134 valence electrons. The number of nitrogens with zero attached hydrogens (tertiary/aromatic N) is 1. The summed E-state index contributed by atoms with van der Waals surface area (Å²) in [5, 5.41) is 3.70. The van der Waals surface area contributed by atoms with E-state index < -0.39 is 5.60 Å². The van der Waals surface area contributed by atoms with Crippen molar-refractivity contribution in [2.75, 3.05) is 16.8 Å². The van der Waals surface area contributed by atoms with Crippen LogP contribution in [0.5, 0.6) is 0 Å². The summed E-state index contributed by atoms with van der Waals surface area (Å²) in [5.41, 5.74) is 2.55. The number of benzene rings is 1. The van der Waals surface area contributed by atoms with Crippen LogP contribution in [0.2, 0.25) is 5.22 Å². The topological polar surface area (TPSA) is 54.7 Å². The zero-order valence-corrected chi connectivity index (χ0v) is 15.5. The average Bonchev–Trinajstić information content (AvgIpc) is 2.96. The molecule has 25 heavy (non-hydrogen) atoms. The lowest BCUT2D eigenvalue weighted by atomic mass is 10.0. The van der Waals surface area contributed by atoms with Gasteiger partial charge in [0.25, 0.3) is 0 Å². The maximum atomic E-state index is 12.4. The SMILES string of the molecule is CC(C)(C)OC(=O)N1CCCc2cc(NCc3ccc(Cl)o3)ccc21. The molecule has 0 fully saturated rings. The summed E-state index contributed by atoms with van der Waals surface area (Å²) in [6.07, 6.45) is 1.57. The van der Waals surface area contributed by atoms with E-state index in [1.807, 2.05) is 39.0 Å². The van der Waals surface area contributed by atoms with Crippen LogP contribution >= 0.6 is 11.6 Å². The molecule has 0 atom stereocenters. The van der Waals surface area contributed by atoms with E-state index in [1.165, 1.54) is 0 Å². The molecule has 5 nitrogen and oxygen atoms in total. The number of ether oxygens (including phenoxy) is 1. The maximum absolute atomic E-state index is 12.4. The van der Waals surface area contributed by atoms with Gasteiger partial charge in [0.05, 0.1) is 12.2 Å². The predicted octanol–water partition coefficient (Wildman–Crippen LogP) is 5.23. The molecule has 1 aliphatic rings. The highest BCUT2D eigenvalue weighted by Gasteiger charge is 2.27. The molecule has 0 bridgehead atoms. The quantitative estimate of drug-likeness (QED) is 0.811. The van der Waals surface area contributed by atoms with Gasteiger partial charge in [0.1, 0.15) is 11.4 Å². The van der Waals surface area contributed by atoms with Gasteiger partial charge >= 0.3 is 6.09 Å². The van der Waals surface area contributed by atoms with E-state index in [9.17, 15) is 4.79 Å². The largest absolute Gasteiger partial charge is 0.448 e. The Kier molecular flexibility index (Phi) is 4.95. The molecule has 0 saturated heterocycles. The number of rotatable bonds is 3. The molecule has 1 amide bonds. The Morgan fingerprint density at radius 3 is 2.80 bits per heavy atom. The van der Waals surface area contributed by atoms with E-state index in [0.717, 1.165) is 35.5 Å². The fourth-order valence-corrected chi connectivity index (χ4v) is 3.01. The Bertz CT molecular complexity index is 764. The highest BCUT2D eigenvalue weighted by atomic mass is 35.5. The van der Waals surface area contributed by atoms with Crippen LogP contribution in [0, 0.1) is 0 Å². The first-order valence-corrected chi connectivity index (χ1v) is 8.81. The third-order valence-electron chi connectivity index (χ3n) is 3.91. The lowest BCUT2D eigenvalue weighted by molar-refractivity contribution is 0.0578. The third kappa shape index (κ3) is 4.48. The number of carbonyl (C=O) groups is 1. The molecule has 0 saturated carbocycles. The summed E-state index contributed by atoms with van der Waals surface area (Å²) in [4.78, 5) is 14.2. The number of carbonyl (C=O) groups excluding carboxylic acids is 1. The molecule has 0 unspecified atom stereocenters. The summed E-state index contributed by atoms with van der Waals surface area (Å²) in [6, 6.07) is 9.58. The van der Waals surface area contributed by atoms with Crippen molar-refractivity contribution in [3.63, 3.8) is 0 Å². The standard InChI is InChI=1S/C19H23ClN2O3/c1-19(2,3)25-18(23)22-10-4-5-13-11-14(6-8-16(13)22)21-12-15-7-9-17(20)24-15/h6-9,11,21H,4-5,10,12H2,1-3H3. The van der Waals surface area contributed by atoms with Crippen molar-refractivity contribution in [1.29, 1.82) is 0 Å². The second kappa shape index (κ2) is 7.00. The number of anilines is 2. The highest BCUT2D eigenvalue weighted by Crippen LogP contribution is 2.31. The molecule has 1 aromatic carbocycles. The summed E-state index contributed by atoms with van der Waals surface area (Å²) in [6.45, 7) is 6.87. The Morgan fingerprint density at radius 2 is 2.12 bits per heavy atom. The van der Waals surface area contributed by atoms with Gasteiger partial charge in [-0.05, 0) is 81.1 Å². The lowest BCUT2D eigenvalue weighted by Gasteiger charge is -2.32. The molecule has 3 rings (SSSR count). The minimum Gasteiger partial charge on any atom is -0.448 e. The van der Waals surface area contributed by atoms with Crippen LogP contribution in [-0.2, 0) is 17.7 Å². The van der Waals surface area contributed by atoms with Gasteiger partial charge in [0.15, 0.2) is 5.22 Å². The summed E-state index contributed by atoms with van der Waals surface area (Å²) in [5.74, 6) is 0.776. The normalized spacial score (nSPS) is 14.2. The van der Waals surface area contributed by atoms with Crippen LogP contribution in [0.15, 0.2) is 34.7 Å². The zero-order chi connectivity index (χ0) is 18.0. The van der Waals surface area contributed by atoms with E-state index >= 15 is 0 Å². The van der Waals surface area contributed by atoms with Crippen LogP contribution in [-0.4, -0.2) is 18.2 Å². The molecule has 1 N–H and O–H groups in total. The predicted molar refractivity (Wildman–Crippen MR) is 99.4 cm³/mol. The molecule has 1 aliphatic heterocycles. The third-order valence-corrected chi connectivity index (χ3v) is 4.11. The van der Waals surface area contributed by atoms with Crippen molar-refractivity contribution in [2.24, 2.45) is 0 Å². The molecule has 6 heteroatoms. The van der Waals surface area contributed by atoms with Gasteiger partial charge in [-0.25, -0.2) is 4.79 Å². The molecule has 2 heterocycles. The Hall–Kier alpha value is -2.14. The zero-order valence-electron chi connectivity index (χ0n) is 14.8. The molecule has 0 radical (unpaired) electrons. The van der Waals surface area contributed by atoms with E-state index in [-0.39, 0.29) is 6.09 Å². The minimum atomic E-state index is -0.499. The first-order chi connectivity index (χ1) is 11.8. The molecular weight excluding hydrogens is 340 g/mol.